The standard InChI is InChI=1S/C19H20N2O2/c1-4-5-16(20)17-11-19(23-21-17)15-9-13-7-6-12(2)8-14(13)10-18(15)22-3/h4,6-11,16H,1,5,20H2,2-3H3/t16-/m0/s1. The van der Waals surface area contributed by atoms with Crippen molar-refractivity contribution in [2.45, 2.75) is 19.4 Å². The Morgan fingerprint density at radius 1 is 1.26 bits per heavy atom. The normalized spacial score (nSPS) is 12.3. The number of benzene rings is 2. The molecule has 1 aromatic heterocycles. The second kappa shape index (κ2) is 6.26. The average molecular weight is 308 g/mol. The van der Waals surface area contributed by atoms with E-state index in [0.29, 0.717) is 17.9 Å². The summed E-state index contributed by atoms with van der Waals surface area (Å²) in [6, 6.07) is 12.0. The summed E-state index contributed by atoms with van der Waals surface area (Å²) in [6.45, 7) is 5.77. The first-order valence-corrected chi connectivity index (χ1v) is 7.54. The number of nitrogens with two attached hydrogens (primary N) is 1. The zero-order chi connectivity index (χ0) is 16.4. The Morgan fingerprint density at radius 2 is 2.09 bits per heavy atom. The maximum Gasteiger partial charge on any atom is 0.170 e. The number of fused-ring (bicyclic) bond motifs is 1. The van der Waals surface area contributed by atoms with Crippen LogP contribution in [0.3, 0.4) is 0 Å². The minimum absolute atomic E-state index is 0.209. The van der Waals surface area contributed by atoms with Crippen LogP contribution in [0, 0.1) is 6.92 Å². The number of rotatable bonds is 5. The van der Waals surface area contributed by atoms with Crippen LogP contribution in [0.15, 0.2) is 53.6 Å². The summed E-state index contributed by atoms with van der Waals surface area (Å²) >= 11 is 0. The lowest BCUT2D eigenvalue weighted by Gasteiger charge is -2.08. The van der Waals surface area contributed by atoms with E-state index < -0.39 is 0 Å². The second-order valence-corrected chi connectivity index (χ2v) is 5.65. The lowest BCUT2D eigenvalue weighted by molar-refractivity contribution is 0.401. The van der Waals surface area contributed by atoms with Crippen molar-refractivity contribution in [3.05, 3.63) is 60.3 Å². The molecule has 4 nitrogen and oxygen atoms in total. The Hall–Kier alpha value is -2.59. The Balaban J connectivity index is 2.08. The van der Waals surface area contributed by atoms with Crippen LogP contribution >= 0.6 is 0 Å². The predicted molar refractivity (Wildman–Crippen MR) is 92.5 cm³/mol. The fraction of sp³-hybridized carbons (Fsp3) is 0.211. The van der Waals surface area contributed by atoms with Gasteiger partial charge in [0.15, 0.2) is 5.76 Å². The van der Waals surface area contributed by atoms with E-state index in [0.717, 1.165) is 22.1 Å². The van der Waals surface area contributed by atoms with Gasteiger partial charge < -0.3 is 15.0 Å². The van der Waals surface area contributed by atoms with Gasteiger partial charge in [-0.25, -0.2) is 0 Å². The number of hydrogen-bond donors (Lipinski definition) is 1. The molecule has 1 heterocycles. The summed E-state index contributed by atoms with van der Waals surface area (Å²) in [7, 11) is 1.65. The first kappa shape index (κ1) is 15.3. The molecule has 0 aliphatic heterocycles. The molecule has 1 atom stereocenters. The molecular weight excluding hydrogens is 288 g/mol. The van der Waals surface area contributed by atoms with E-state index in [1.165, 1.54) is 5.56 Å². The lowest BCUT2D eigenvalue weighted by atomic mass is 10.0. The summed E-state index contributed by atoms with van der Waals surface area (Å²) in [6.07, 6.45) is 2.43. The van der Waals surface area contributed by atoms with E-state index in [-0.39, 0.29) is 6.04 Å². The van der Waals surface area contributed by atoms with Gasteiger partial charge in [-0.3, -0.25) is 0 Å². The van der Waals surface area contributed by atoms with Gasteiger partial charge >= 0.3 is 0 Å². The van der Waals surface area contributed by atoms with Crippen molar-refractivity contribution in [2.24, 2.45) is 5.73 Å². The molecule has 118 valence electrons. The summed E-state index contributed by atoms with van der Waals surface area (Å²) < 4.78 is 11.0. The monoisotopic (exact) mass is 308 g/mol. The van der Waals surface area contributed by atoms with Gasteiger partial charge in [-0.1, -0.05) is 35.0 Å². The molecule has 4 heteroatoms. The maximum absolute atomic E-state index is 6.05. The van der Waals surface area contributed by atoms with E-state index in [2.05, 4.69) is 42.9 Å². The topological polar surface area (TPSA) is 61.3 Å². The summed E-state index contributed by atoms with van der Waals surface area (Å²) in [5.74, 6) is 1.40. The van der Waals surface area contributed by atoms with Gasteiger partial charge in [0, 0.05) is 6.07 Å². The first-order chi connectivity index (χ1) is 11.1. The zero-order valence-electron chi connectivity index (χ0n) is 13.4. The summed E-state index contributed by atoms with van der Waals surface area (Å²) in [5.41, 5.74) is 8.85. The van der Waals surface area contributed by atoms with Crippen molar-refractivity contribution in [1.82, 2.24) is 5.16 Å². The zero-order valence-corrected chi connectivity index (χ0v) is 13.4. The number of hydrogen-bond acceptors (Lipinski definition) is 4. The highest BCUT2D eigenvalue weighted by Gasteiger charge is 2.16. The molecule has 0 aliphatic rings. The molecule has 3 aromatic rings. The third kappa shape index (κ3) is 2.98. The lowest BCUT2D eigenvalue weighted by Crippen LogP contribution is -2.08. The van der Waals surface area contributed by atoms with Crippen LogP contribution in [0.5, 0.6) is 5.75 Å². The number of ether oxygens (including phenoxy) is 1. The van der Waals surface area contributed by atoms with Gasteiger partial charge in [-0.2, -0.15) is 0 Å². The average Bonchev–Trinajstić information content (AvgIpc) is 3.03. The third-order valence-corrected chi connectivity index (χ3v) is 3.91. The van der Waals surface area contributed by atoms with Gasteiger partial charge in [0.1, 0.15) is 11.4 Å². The molecule has 0 aliphatic carbocycles. The molecule has 0 bridgehead atoms. The van der Waals surface area contributed by atoms with Gasteiger partial charge in [-0.05, 0) is 36.2 Å². The van der Waals surface area contributed by atoms with E-state index in [1.54, 1.807) is 13.2 Å². The van der Waals surface area contributed by atoms with Crippen LogP contribution in [0.25, 0.3) is 22.1 Å². The largest absolute Gasteiger partial charge is 0.496 e. The van der Waals surface area contributed by atoms with Crippen molar-refractivity contribution in [1.29, 1.82) is 0 Å². The smallest absolute Gasteiger partial charge is 0.170 e. The van der Waals surface area contributed by atoms with Gasteiger partial charge in [0.25, 0.3) is 0 Å². The molecule has 3 rings (SSSR count). The van der Waals surface area contributed by atoms with Crippen molar-refractivity contribution in [3.8, 4) is 17.1 Å². The highest BCUT2D eigenvalue weighted by atomic mass is 16.5. The van der Waals surface area contributed by atoms with Crippen LogP contribution in [-0.2, 0) is 0 Å². The molecule has 0 fully saturated rings. The van der Waals surface area contributed by atoms with Crippen molar-refractivity contribution < 1.29 is 9.26 Å². The summed E-state index contributed by atoms with van der Waals surface area (Å²) in [5, 5.41) is 6.34. The Labute approximate surface area is 135 Å². The highest BCUT2D eigenvalue weighted by Crippen LogP contribution is 2.35. The third-order valence-electron chi connectivity index (χ3n) is 3.91. The maximum atomic E-state index is 6.05. The molecule has 0 saturated carbocycles. The van der Waals surface area contributed by atoms with Crippen LogP contribution in [0.1, 0.15) is 23.7 Å². The van der Waals surface area contributed by atoms with E-state index in [1.807, 2.05) is 12.1 Å². The molecule has 0 unspecified atom stereocenters. The van der Waals surface area contributed by atoms with Crippen LogP contribution in [0.4, 0.5) is 0 Å². The van der Waals surface area contributed by atoms with Crippen molar-refractivity contribution in [2.75, 3.05) is 7.11 Å². The van der Waals surface area contributed by atoms with E-state index in [9.17, 15) is 0 Å². The van der Waals surface area contributed by atoms with Crippen LogP contribution in [0.2, 0.25) is 0 Å². The summed E-state index contributed by atoms with van der Waals surface area (Å²) in [4.78, 5) is 0. The first-order valence-electron chi connectivity index (χ1n) is 7.54. The van der Waals surface area contributed by atoms with E-state index in [4.69, 9.17) is 15.0 Å². The quantitative estimate of drug-likeness (QED) is 0.710. The molecular formula is C19H20N2O2. The van der Waals surface area contributed by atoms with Gasteiger partial charge in [0.2, 0.25) is 0 Å². The number of aryl methyl sites for hydroxylation is 1. The van der Waals surface area contributed by atoms with Crippen LogP contribution in [-0.4, -0.2) is 12.3 Å². The Morgan fingerprint density at radius 3 is 2.83 bits per heavy atom. The fourth-order valence-electron chi connectivity index (χ4n) is 2.65. The van der Waals surface area contributed by atoms with Gasteiger partial charge in [0.05, 0.1) is 18.7 Å². The van der Waals surface area contributed by atoms with Crippen molar-refractivity contribution in [3.63, 3.8) is 0 Å². The molecule has 0 amide bonds. The SMILES string of the molecule is C=CC[C@H](N)c1cc(-c2cc3ccc(C)cc3cc2OC)on1. The minimum atomic E-state index is -0.209. The van der Waals surface area contributed by atoms with E-state index >= 15 is 0 Å². The fourth-order valence-corrected chi connectivity index (χ4v) is 2.65. The number of nitrogens with zero attached hydrogens (tertiary/aromatic N) is 1. The predicted octanol–water partition coefficient (Wildman–Crippen LogP) is 4.39. The molecule has 2 N–H and O–H groups in total. The second-order valence-electron chi connectivity index (χ2n) is 5.65. The molecule has 0 radical (unpaired) electrons. The number of methoxy groups -OCH3 is 1. The Bertz CT molecular complexity index is 852. The Kier molecular flexibility index (Phi) is 4.17. The molecule has 0 saturated heterocycles. The van der Waals surface area contributed by atoms with Gasteiger partial charge in [-0.15, -0.1) is 6.58 Å². The highest BCUT2D eigenvalue weighted by molar-refractivity contribution is 5.90. The van der Waals surface area contributed by atoms with Crippen LogP contribution < -0.4 is 10.5 Å². The minimum Gasteiger partial charge on any atom is -0.496 e. The van der Waals surface area contributed by atoms with Crippen molar-refractivity contribution >= 4 is 10.8 Å². The molecule has 2 aromatic carbocycles. The molecule has 23 heavy (non-hydrogen) atoms. The number of aromatic nitrogens is 1. The molecule has 0 spiro atoms.